The highest BCUT2D eigenvalue weighted by Crippen LogP contribution is 2.20. The Labute approximate surface area is 120 Å². The van der Waals surface area contributed by atoms with Gasteiger partial charge < -0.3 is 20.5 Å². The van der Waals surface area contributed by atoms with Gasteiger partial charge in [0.2, 0.25) is 0 Å². The van der Waals surface area contributed by atoms with Gasteiger partial charge in [0.15, 0.2) is 0 Å². The van der Waals surface area contributed by atoms with Gasteiger partial charge in [-0.15, -0.1) is 0 Å². The van der Waals surface area contributed by atoms with Gasteiger partial charge in [-0.1, -0.05) is 18.2 Å². The number of urea groups is 1. The average molecular weight is 298 g/mol. The molecule has 1 aliphatic carbocycles. The maximum atomic E-state index is 12.1. The van der Waals surface area contributed by atoms with Crippen LogP contribution in [0.15, 0.2) is 36.4 Å². The van der Waals surface area contributed by atoms with Crippen molar-refractivity contribution < 1.29 is 23.4 Å². The molecular formula is C14H16F2N2O3. The van der Waals surface area contributed by atoms with Crippen LogP contribution in [0.4, 0.5) is 19.3 Å². The lowest BCUT2D eigenvalue weighted by Gasteiger charge is -2.14. The first-order valence-electron chi connectivity index (χ1n) is 6.48. The molecule has 1 aromatic rings. The Morgan fingerprint density at radius 2 is 2.24 bits per heavy atom. The van der Waals surface area contributed by atoms with Gasteiger partial charge in [0.1, 0.15) is 5.75 Å². The number of aliphatic hydroxyl groups excluding tert-OH is 1. The summed E-state index contributed by atoms with van der Waals surface area (Å²) in [4.78, 5) is 11.8. The molecule has 0 aliphatic heterocycles. The summed E-state index contributed by atoms with van der Waals surface area (Å²) in [6.45, 7) is -2.86. The normalized spacial score (nSPS) is 20.6. The van der Waals surface area contributed by atoms with Crippen molar-refractivity contribution in [2.45, 2.75) is 19.1 Å². The number of carbonyl (C=O) groups is 1. The molecule has 1 aromatic carbocycles. The van der Waals surface area contributed by atoms with Crippen LogP contribution in [0.25, 0.3) is 0 Å². The minimum atomic E-state index is -2.91. The molecule has 0 fully saturated rings. The first kappa shape index (κ1) is 15.2. The van der Waals surface area contributed by atoms with Crippen molar-refractivity contribution >= 4 is 11.7 Å². The Kier molecular flexibility index (Phi) is 5.10. The molecule has 2 rings (SSSR count). The van der Waals surface area contributed by atoms with Crippen LogP contribution < -0.4 is 15.4 Å². The van der Waals surface area contributed by atoms with E-state index in [1.54, 1.807) is 6.07 Å². The zero-order valence-electron chi connectivity index (χ0n) is 11.1. The number of aliphatic hydroxyl groups is 1. The molecule has 21 heavy (non-hydrogen) atoms. The van der Waals surface area contributed by atoms with E-state index in [0.717, 1.165) is 0 Å². The second-order valence-electron chi connectivity index (χ2n) is 4.67. The van der Waals surface area contributed by atoms with Gasteiger partial charge >= 0.3 is 12.6 Å². The van der Waals surface area contributed by atoms with Crippen molar-refractivity contribution in [3.05, 3.63) is 36.4 Å². The molecule has 2 amide bonds. The molecule has 0 aromatic heterocycles. The van der Waals surface area contributed by atoms with Crippen molar-refractivity contribution in [2.24, 2.45) is 5.92 Å². The molecule has 3 N–H and O–H groups in total. The minimum Gasteiger partial charge on any atom is -0.435 e. The Morgan fingerprint density at radius 1 is 1.43 bits per heavy atom. The van der Waals surface area contributed by atoms with Crippen molar-refractivity contribution in [3.63, 3.8) is 0 Å². The summed E-state index contributed by atoms with van der Waals surface area (Å²) >= 11 is 0. The lowest BCUT2D eigenvalue weighted by Crippen LogP contribution is -2.36. The van der Waals surface area contributed by atoms with Crippen LogP contribution in [-0.4, -0.2) is 30.4 Å². The van der Waals surface area contributed by atoms with E-state index >= 15 is 0 Å². The standard InChI is InChI=1S/C14H16F2N2O3/c15-13(16)21-12-3-1-2-10(7-12)17-14(20)18-11-5-4-9(6-11)8-19/h1-5,7,9,11,13,19H,6,8H2,(H2,17,18,20)/t9-,11+/m0/s1. The monoisotopic (exact) mass is 298 g/mol. The molecule has 114 valence electrons. The Morgan fingerprint density at radius 3 is 2.90 bits per heavy atom. The lowest BCUT2D eigenvalue weighted by molar-refractivity contribution is -0.0497. The zero-order valence-corrected chi connectivity index (χ0v) is 11.1. The highest BCUT2D eigenvalue weighted by molar-refractivity contribution is 5.89. The van der Waals surface area contributed by atoms with Gasteiger partial charge in [-0.3, -0.25) is 0 Å². The number of nitrogens with one attached hydrogen (secondary N) is 2. The van der Waals surface area contributed by atoms with Crippen molar-refractivity contribution in [2.75, 3.05) is 11.9 Å². The molecule has 0 saturated heterocycles. The van der Waals surface area contributed by atoms with Gasteiger partial charge in [0, 0.05) is 30.3 Å². The van der Waals surface area contributed by atoms with Crippen LogP contribution in [0.3, 0.4) is 0 Å². The molecule has 0 saturated carbocycles. The number of hydrogen-bond acceptors (Lipinski definition) is 3. The van der Waals surface area contributed by atoms with Crippen LogP contribution in [0.1, 0.15) is 6.42 Å². The lowest BCUT2D eigenvalue weighted by atomic mass is 10.1. The summed E-state index contributed by atoms with van der Waals surface area (Å²) in [7, 11) is 0. The molecule has 0 unspecified atom stereocenters. The maximum absolute atomic E-state index is 12.1. The molecular weight excluding hydrogens is 282 g/mol. The molecule has 0 radical (unpaired) electrons. The Balaban J connectivity index is 1.87. The van der Waals surface area contributed by atoms with Gasteiger partial charge in [-0.25, -0.2) is 4.79 Å². The van der Waals surface area contributed by atoms with E-state index < -0.39 is 12.6 Å². The summed E-state index contributed by atoms with van der Waals surface area (Å²) < 4.78 is 28.5. The zero-order chi connectivity index (χ0) is 15.2. The van der Waals surface area contributed by atoms with E-state index in [9.17, 15) is 13.6 Å². The second kappa shape index (κ2) is 7.03. The first-order chi connectivity index (χ1) is 10.1. The largest absolute Gasteiger partial charge is 0.435 e. The predicted molar refractivity (Wildman–Crippen MR) is 73.3 cm³/mol. The van der Waals surface area contributed by atoms with Crippen LogP contribution in [-0.2, 0) is 0 Å². The van der Waals surface area contributed by atoms with Crippen molar-refractivity contribution in [1.29, 1.82) is 0 Å². The summed E-state index contributed by atoms with van der Waals surface area (Å²) in [5.41, 5.74) is 0.353. The number of benzene rings is 1. The molecule has 0 spiro atoms. The topological polar surface area (TPSA) is 70.6 Å². The third kappa shape index (κ3) is 4.71. The van der Waals surface area contributed by atoms with Gasteiger partial charge in [0.05, 0.1) is 0 Å². The van der Waals surface area contributed by atoms with Gasteiger partial charge in [0.25, 0.3) is 0 Å². The molecule has 5 nitrogen and oxygen atoms in total. The molecule has 2 atom stereocenters. The van der Waals surface area contributed by atoms with E-state index in [4.69, 9.17) is 5.11 Å². The highest BCUT2D eigenvalue weighted by Gasteiger charge is 2.19. The number of anilines is 1. The summed E-state index contributed by atoms with van der Waals surface area (Å²) in [5.74, 6) is 0.0296. The minimum absolute atomic E-state index is 0.0242. The first-order valence-corrected chi connectivity index (χ1v) is 6.48. The smallest absolute Gasteiger partial charge is 0.387 e. The Hall–Kier alpha value is -2.15. The number of rotatable bonds is 5. The highest BCUT2D eigenvalue weighted by atomic mass is 19.3. The Bertz CT molecular complexity index is 523. The van der Waals surface area contributed by atoms with Gasteiger partial charge in [-0.2, -0.15) is 8.78 Å². The molecule has 1 aliphatic rings. The number of carbonyl (C=O) groups excluding carboxylic acids is 1. The van der Waals surface area contributed by atoms with Crippen molar-refractivity contribution in [3.8, 4) is 5.75 Å². The number of ether oxygens (including phenoxy) is 1. The van der Waals surface area contributed by atoms with Crippen LogP contribution in [0.2, 0.25) is 0 Å². The SMILES string of the molecule is O=C(Nc1cccc(OC(F)F)c1)N[C@@H]1C=C[C@H](CO)C1. The summed E-state index contributed by atoms with van der Waals surface area (Å²) in [5, 5.41) is 14.3. The summed E-state index contributed by atoms with van der Waals surface area (Å²) in [6, 6.07) is 5.16. The van der Waals surface area contributed by atoms with Crippen LogP contribution in [0, 0.1) is 5.92 Å². The van der Waals surface area contributed by atoms with Crippen LogP contribution >= 0.6 is 0 Å². The number of hydrogen-bond donors (Lipinski definition) is 3. The fraction of sp³-hybridized carbons (Fsp3) is 0.357. The number of halogens is 2. The summed E-state index contributed by atoms with van der Waals surface area (Å²) in [6.07, 6.45) is 4.30. The van der Waals surface area contributed by atoms with Gasteiger partial charge in [-0.05, 0) is 18.6 Å². The van der Waals surface area contributed by atoms with Crippen molar-refractivity contribution in [1.82, 2.24) is 5.32 Å². The van der Waals surface area contributed by atoms with E-state index in [0.29, 0.717) is 12.1 Å². The fourth-order valence-corrected chi connectivity index (χ4v) is 2.10. The van der Waals surface area contributed by atoms with E-state index in [2.05, 4.69) is 15.4 Å². The molecule has 7 heteroatoms. The van der Waals surface area contributed by atoms with E-state index in [1.807, 2.05) is 12.2 Å². The second-order valence-corrected chi connectivity index (χ2v) is 4.67. The quantitative estimate of drug-likeness (QED) is 0.731. The molecule has 0 heterocycles. The van der Waals surface area contributed by atoms with Crippen LogP contribution in [0.5, 0.6) is 5.75 Å². The third-order valence-corrected chi connectivity index (χ3v) is 3.04. The van der Waals surface area contributed by atoms with E-state index in [-0.39, 0.29) is 24.3 Å². The average Bonchev–Trinajstić information content (AvgIpc) is 2.85. The maximum Gasteiger partial charge on any atom is 0.387 e. The number of amides is 2. The fourth-order valence-electron chi connectivity index (χ4n) is 2.10. The molecule has 0 bridgehead atoms. The number of alkyl halides is 2. The van der Waals surface area contributed by atoms with E-state index in [1.165, 1.54) is 18.2 Å². The third-order valence-electron chi connectivity index (χ3n) is 3.04. The predicted octanol–water partition coefficient (Wildman–Crippen LogP) is 2.35.